The number of thioether (sulfide) groups is 1. The summed E-state index contributed by atoms with van der Waals surface area (Å²) in [5, 5.41) is 14.9. The van der Waals surface area contributed by atoms with Gasteiger partial charge in [0, 0.05) is 11.4 Å². The number of hydrogen-bond donors (Lipinski definition) is 2. The lowest BCUT2D eigenvalue weighted by molar-refractivity contribution is 0.102. The van der Waals surface area contributed by atoms with Gasteiger partial charge in [-0.05, 0) is 24.8 Å². The summed E-state index contributed by atoms with van der Waals surface area (Å²) in [6.45, 7) is 2.90. The minimum atomic E-state index is -0.228. The van der Waals surface area contributed by atoms with Gasteiger partial charge in [0.2, 0.25) is 10.1 Å². The molecule has 0 bridgehead atoms. The zero-order chi connectivity index (χ0) is 14.4. The van der Waals surface area contributed by atoms with Crippen LogP contribution in [0.5, 0.6) is 0 Å². The molecule has 0 aliphatic carbocycles. The number of aromatic nitrogens is 2. The quantitative estimate of drug-likeness (QED) is 0.801. The third-order valence-corrected chi connectivity index (χ3v) is 4.18. The van der Waals surface area contributed by atoms with Gasteiger partial charge in [0.05, 0.1) is 5.69 Å². The van der Waals surface area contributed by atoms with E-state index < -0.39 is 0 Å². The molecule has 2 aromatic rings. The predicted octanol–water partition coefficient (Wildman–Crippen LogP) is 3.33. The monoisotopic (exact) mass is 308 g/mol. The first-order valence-electron chi connectivity index (χ1n) is 6.26. The third-order valence-electron chi connectivity index (χ3n) is 2.50. The summed E-state index contributed by atoms with van der Waals surface area (Å²) in [6.07, 6.45) is 2.98. The molecule has 0 unspecified atom stereocenters. The fraction of sp³-hybridized carbons (Fsp3) is 0.308. The topological polar surface area (TPSA) is 66.9 Å². The van der Waals surface area contributed by atoms with Crippen LogP contribution in [0.15, 0.2) is 29.2 Å². The minimum absolute atomic E-state index is 0.228. The molecule has 106 valence electrons. The van der Waals surface area contributed by atoms with Crippen LogP contribution in [0.25, 0.3) is 0 Å². The van der Waals surface area contributed by atoms with Gasteiger partial charge in [-0.2, -0.15) is 0 Å². The van der Waals surface area contributed by atoms with Crippen molar-refractivity contribution in [2.75, 3.05) is 23.4 Å². The van der Waals surface area contributed by atoms with E-state index in [1.54, 1.807) is 11.8 Å². The van der Waals surface area contributed by atoms with Gasteiger partial charge >= 0.3 is 0 Å². The molecule has 1 aromatic heterocycles. The van der Waals surface area contributed by atoms with Gasteiger partial charge in [-0.3, -0.25) is 4.79 Å². The highest BCUT2D eigenvalue weighted by atomic mass is 32.2. The molecule has 2 N–H and O–H groups in total. The van der Waals surface area contributed by atoms with Gasteiger partial charge < -0.3 is 10.6 Å². The molecule has 0 spiro atoms. The summed E-state index contributed by atoms with van der Waals surface area (Å²) in [5.74, 6) is -0.228. The normalized spacial score (nSPS) is 10.3. The van der Waals surface area contributed by atoms with Gasteiger partial charge in [-0.1, -0.05) is 30.4 Å². The summed E-state index contributed by atoms with van der Waals surface area (Å²) >= 11 is 2.85. The zero-order valence-electron chi connectivity index (χ0n) is 11.3. The van der Waals surface area contributed by atoms with Crippen LogP contribution in [0.4, 0.5) is 10.8 Å². The van der Waals surface area contributed by atoms with Crippen LogP contribution in [0.2, 0.25) is 0 Å². The smallest absolute Gasteiger partial charge is 0.286 e. The minimum Gasteiger partial charge on any atom is -0.360 e. The van der Waals surface area contributed by atoms with Gasteiger partial charge in [0.15, 0.2) is 0 Å². The van der Waals surface area contributed by atoms with Crippen molar-refractivity contribution in [1.82, 2.24) is 10.2 Å². The van der Waals surface area contributed by atoms with Crippen molar-refractivity contribution in [3.8, 4) is 0 Å². The maximum absolute atomic E-state index is 12.1. The van der Waals surface area contributed by atoms with Crippen molar-refractivity contribution in [2.45, 2.75) is 18.2 Å². The Morgan fingerprint density at radius 2 is 2.15 bits per heavy atom. The number of amides is 1. The summed E-state index contributed by atoms with van der Waals surface area (Å²) in [7, 11) is 0. The van der Waals surface area contributed by atoms with E-state index in [0.717, 1.165) is 23.5 Å². The highest BCUT2D eigenvalue weighted by Gasteiger charge is 2.14. The van der Waals surface area contributed by atoms with Crippen LogP contribution in [0.3, 0.4) is 0 Å². The SMILES string of the molecule is CCCNc1nnc(C(=O)Nc2ccccc2SC)s1. The van der Waals surface area contributed by atoms with E-state index in [2.05, 4.69) is 27.8 Å². The van der Waals surface area contributed by atoms with Crippen LogP contribution in [0, 0.1) is 0 Å². The van der Waals surface area contributed by atoms with Crippen molar-refractivity contribution in [1.29, 1.82) is 0 Å². The Balaban J connectivity index is 2.06. The number of carbonyl (C=O) groups is 1. The van der Waals surface area contributed by atoms with E-state index in [9.17, 15) is 4.79 Å². The first-order valence-corrected chi connectivity index (χ1v) is 8.30. The summed E-state index contributed by atoms with van der Waals surface area (Å²) in [4.78, 5) is 13.2. The second-order valence-corrected chi connectivity index (χ2v) is 5.82. The first kappa shape index (κ1) is 14.8. The number of hydrogen-bond acceptors (Lipinski definition) is 6. The number of nitrogens with zero attached hydrogens (tertiary/aromatic N) is 2. The van der Waals surface area contributed by atoms with Gasteiger partial charge in [-0.15, -0.1) is 22.0 Å². The van der Waals surface area contributed by atoms with E-state index in [1.165, 1.54) is 11.3 Å². The predicted molar refractivity (Wildman–Crippen MR) is 84.9 cm³/mol. The molecule has 0 saturated heterocycles. The molecular weight excluding hydrogens is 292 g/mol. The van der Waals surface area contributed by atoms with Crippen LogP contribution < -0.4 is 10.6 Å². The molecule has 0 aliphatic heterocycles. The molecule has 1 amide bonds. The molecule has 0 fully saturated rings. The van der Waals surface area contributed by atoms with Crippen LogP contribution >= 0.6 is 23.1 Å². The van der Waals surface area contributed by atoms with Gasteiger partial charge in [0.1, 0.15) is 0 Å². The molecule has 20 heavy (non-hydrogen) atoms. The number of carbonyl (C=O) groups excluding carboxylic acids is 1. The summed E-state index contributed by atoms with van der Waals surface area (Å²) < 4.78 is 0. The lowest BCUT2D eigenvalue weighted by Crippen LogP contribution is -2.12. The maximum Gasteiger partial charge on any atom is 0.286 e. The van der Waals surface area contributed by atoms with Gasteiger partial charge in [-0.25, -0.2) is 0 Å². The van der Waals surface area contributed by atoms with E-state index in [-0.39, 0.29) is 5.91 Å². The van der Waals surface area contributed by atoms with Crippen molar-refractivity contribution in [3.05, 3.63) is 29.3 Å². The van der Waals surface area contributed by atoms with Crippen molar-refractivity contribution < 1.29 is 4.79 Å². The molecular formula is C13H16N4OS2. The van der Waals surface area contributed by atoms with E-state index in [0.29, 0.717) is 10.1 Å². The van der Waals surface area contributed by atoms with Crippen LogP contribution in [-0.2, 0) is 0 Å². The highest BCUT2D eigenvalue weighted by Crippen LogP contribution is 2.25. The Morgan fingerprint density at radius 1 is 1.35 bits per heavy atom. The number of benzene rings is 1. The molecule has 1 heterocycles. The van der Waals surface area contributed by atoms with Crippen molar-refractivity contribution in [2.24, 2.45) is 0 Å². The molecule has 5 nitrogen and oxygen atoms in total. The third kappa shape index (κ3) is 3.71. The Hall–Kier alpha value is -1.60. The molecule has 0 aliphatic rings. The van der Waals surface area contributed by atoms with E-state index in [1.807, 2.05) is 30.5 Å². The fourth-order valence-corrected chi connectivity index (χ4v) is 2.76. The van der Waals surface area contributed by atoms with Gasteiger partial charge in [0.25, 0.3) is 5.91 Å². The molecule has 2 rings (SSSR count). The Kier molecular flexibility index (Phi) is 5.37. The largest absolute Gasteiger partial charge is 0.360 e. The van der Waals surface area contributed by atoms with Crippen LogP contribution in [0.1, 0.15) is 23.1 Å². The van der Waals surface area contributed by atoms with Crippen LogP contribution in [-0.4, -0.2) is 28.9 Å². The zero-order valence-corrected chi connectivity index (χ0v) is 13.0. The Bertz CT molecular complexity index is 585. The molecule has 7 heteroatoms. The summed E-state index contributed by atoms with van der Waals surface area (Å²) in [6, 6.07) is 7.68. The molecule has 1 aromatic carbocycles. The standard InChI is InChI=1S/C13H16N4OS2/c1-3-8-14-13-17-16-12(20-13)11(18)15-9-6-4-5-7-10(9)19-2/h4-7H,3,8H2,1-2H3,(H,14,17)(H,15,18). The van der Waals surface area contributed by atoms with Crippen molar-refractivity contribution in [3.63, 3.8) is 0 Å². The second-order valence-electron chi connectivity index (χ2n) is 3.99. The molecule has 0 saturated carbocycles. The lowest BCUT2D eigenvalue weighted by atomic mass is 10.3. The first-order chi connectivity index (χ1) is 9.74. The average molecular weight is 308 g/mol. The number of rotatable bonds is 6. The van der Waals surface area contributed by atoms with E-state index >= 15 is 0 Å². The highest BCUT2D eigenvalue weighted by molar-refractivity contribution is 7.98. The average Bonchev–Trinajstić information content (AvgIpc) is 2.94. The Morgan fingerprint density at radius 3 is 2.90 bits per heavy atom. The maximum atomic E-state index is 12.1. The number of para-hydroxylation sites is 1. The van der Waals surface area contributed by atoms with E-state index in [4.69, 9.17) is 0 Å². The Labute approximate surface area is 126 Å². The van der Waals surface area contributed by atoms with Crippen molar-refractivity contribution >= 4 is 39.8 Å². The molecule has 0 atom stereocenters. The fourth-order valence-electron chi connectivity index (χ4n) is 1.54. The lowest BCUT2D eigenvalue weighted by Gasteiger charge is -2.07. The molecule has 0 radical (unpaired) electrons. The summed E-state index contributed by atoms with van der Waals surface area (Å²) in [5.41, 5.74) is 0.795. The number of anilines is 2. The second kappa shape index (κ2) is 7.25. The number of nitrogens with one attached hydrogen (secondary N) is 2.